The van der Waals surface area contributed by atoms with Crippen LogP contribution in [-0.2, 0) is 14.8 Å². The van der Waals surface area contributed by atoms with E-state index in [0.717, 1.165) is 25.0 Å². The molecule has 5 nitrogen and oxygen atoms in total. The molecule has 1 aliphatic heterocycles. The maximum Gasteiger partial charge on any atom is 0.246 e. The predicted octanol–water partition coefficient (Wildman–Crippen LogP) is 2.55. The molecule has 23 heavy (non-hydrogen) atoms. The van der Waals surface area contributed by atoms with Crippen molar-refractivity contribution in [2.75, 3.05) is 19.6 Å². The molecule has 1 aliphatic rings. The van der Waals surface area contributed by atoms with Crippen LogP contribution < -0.4 is 4.72 Å². The molecule has 1 N–H and O–H groups in total. The van der Waals surface area contributed by atoms with E-state index in [0.29, 0.717) is 13.1 Å². The van der Waals surface area contributed by atoms with Gasteiger partial charge < -0.3 is 4.90 Å². The first-order chi connectivity index (χ1) is 10.4. The monoisotopic (exact) mass is 344 g/mol. The SMILES string of the molecule is C/C(=C\C(=O)N1CCC[C@H](CNS(=O)(=O)C(C)C)C1)C(C)(C)C. The van der Waals surface area contributed by atoms with Crippen molar-refractivity contribution >= 4 is 15.9 Å². The maximum atomic E-state index is 12.4. The van der Waals surface area contributed by atoms with Gasteiger partial charge in [0.25, 0.3) is 0 Å². The van der Waals surface area contributed by atoms with E-state index in [1.54, 1.807) is 19.9 Å². The number of amides is 1. The largest absolute Gasteiger partial charge is 0.339 e. The van der Waals surface area contributed by atoms with Gasteiger partial charge in [-0.15, -0.1) is 0 Å². The summed E-state index contributed by atoms with van der Waals surface area (Å²) in [6.07, 6.45) is 3.59. The van der Waals surface area contributed by atoms with Crippen LogP contribution in [0, 0.1) is 11.3 Å². The highest BCUT2D eigenvalue weighted by molar-refractivity contribution is 7.90. The van der Waals surface area contributed by atoms with Gasteiger partial charge in [0.2, 0.25) is 15.9 Å². The summed E-state index contributed by atoms with van der Waals surface area (Å²) in [6, 6.07) is 0. The second kappa shape index (κ2) is 7.79. The predicted molar refractivity (Wildman–Crippen MR) is 94.6 cm³/mol. The molecular weight excluding hydrogens is 312 g/mol. The van der Waals surface area contributed by atoms with Gasteiger partial charge in [-0.1, -0.05) is 26.3 Å². The van der Waals surface area contributed by atoms with Crippen molar-refractivity contribution < 1.29 is 13.2 Å². The molecule has 1 rings (SSSR count). The van der Waals surface area contributed by atoms with Crippen LogP contribution in [0.25, 0.3) is 0 Å². The fraction of sp³-hybridized carbons (Fsp3) is 0.824. The normalized spacial score (nSPS) is 20.9. The van der Waals surface area contributed by atoms with Crippen molar-refractivity contribution in [2.45, 2.75) is 59.6 Å². The number of likely N-dealkylation sites (tertiary alicyclic amines) is 1. The Morgan fingerprint density at radius 1 is 1.35 bits per heavy atom. The highest BCUT2D eigenvalue weighted by Crippen LogP contribution is 2.25. The van der Waals surface area contributed by atoms with Crippen molar-refractivity contribution in [3.63, 3.8) is 0 Å². The first-order valence-corrected chi connectivity index (χ1v) is 9.94. The number of piperidine rings is 1. The number of carbonyl (C=O) groups is 1. The van der Waals surface area contributed by atoms with Crippen LogP contribution >= 0.6 is 0 Å². The van der Waals surface area contributed by atoms with Crippen LogP contribution in [-0.4, -0.2) is 44.1 Å². The lowest BCUT2D eigenvalue weighted by Gasteiger charge is -2.33. The van der Waals surface area contributed by atoms with Crippen LogP contribution in [0.2, 0.25) is 0 Å². The summed E-state index contributed by atoms with van der Waals surface area (Å²) in [6.45, 7) is 13.4. The van der Waals surface area contributed by atoms with Gasteiger partial charge in [0.1, 0.15) is 0 Å². The van der Waals surface area contributed by atoms with Crippen LogP contribution in [0.15, 0.2) is 11.6 Å². The van der Waals surface area contributed by atoms with E-state index in [-0.39, 0.29) is 17.2 Å². The van der Waals surface area contributed by atoms with Gasteiger partial charge in [-0.25, -0.2) is 13.1 Å². The Bertz CT molecular complexity index is 545. The zero-order valence-corrected chi connectivity index (χ0v) is 16.2. The van der Waals surface area contributed by atoms with E-state index in [9.17, 15) is 13.2 Å². The lowest BCUT2D eigenvalue weighted by Crippen LogP contribution is -2.44. The summed E-state index contributed by atoms with van der Waals surface area (Å²) in [5, 5.41) is -0.429. The van der Waals surface area contributed by atoms with Crippen molar-refractivity contribution in [1.82, 2.24) is 9.62 Å². The maximum absolute atomic E-state index is 12.4. The van der Waals surface area contributed by atoms with Crippen LogP contribution in [0.4, 0.5) is 0 Å². The van der Waals surface area contributed by atoms with Crippen LogP contribution in [0.5, 0.6) is 0 Å². The Hall–Kier alpha value is -0.880. The molecule has 0 spiro atoms. The molecule has 0 bridgehead atoms. The molecule has 1 saturated heterocycles. The Kier molecular flexibility index (Phi) is 6.83. The van der Waals surface area contributed by atoms with Crippen molar-refractivity contribution in [2.24, 2.45) is 11.3 Å². The lowest BCUT2D eigenvalue weighted by atomic mass is 9.87. The van der Waals surface area contributed by atoms with Gasteiger partial charge in [0, 0.05) is 25.7 Å². The highest BCUT2D eigenvalue weighted by Gasteiger charge is 2.25. The van der Waals surface area contributed by atoms with Gasteiger partial charge in [0.05, 0.1) is 5.25 Å². The molecule has 1 fully saturated rings. The summed E-state index contributed by atoms with van der Waals surface area (Å²) in [4.78, 5) is 14.3. The first kappa shape index (κ1) is 20.2. The zero-order chi connectivity index (χ0) is 17.8. The zero-order valence-electron chi connectivity index (χ0n) is 15.3. The molecule has 0 unspecified atom stereocenters. The number of hydrogen-bond donors (Lipinski definition) is 1. The minimum Gasteiger partial charge on any atom is -0.339 e. The molecule has 6 heteroatoms. The molecule has 0 aliphatic carbocycles. The number of nitrogens with one attached hydrogen (secondary N) is 1. The smallest absolute Gasteiger partial charge is 0.246 e. The third-order valence-corrected chi connectivity index (χ3v) is 6.36. The second-order valence-electron chi connectivity index (χ2n) is 7.81. The van der Waals surface area contributed by atoms with Gasteiger partial charge in [0.15, 0.2) is 0 Å². The molecular formula is C17H32N2O3S. The molecule has 0 saturated carbocycles. The lowest BCUT2D eigenvalue weighted by molar-refractivity contribution is -0.127. The summed E-state index contributed by atoms with van der Waals surface area (Å²) >= 11 is 0. The molecule has 0 aromatic heterocycles. The summed E-state index contributed by atoms with van der Waals surface area (Å²) < 4.78 is 26.4. The van der Waals surface area contributed by atoms with Crippen molar-refractivity contribution in [1.29, 1.82) is 0 Å². The number of nitrogens with zero attached hydrogens (tertiary/aromatic N) is 1. The average Bonchev–Trinajstić information content (AvgIpc) is 2.44. The standard InChI is InChI=1S/C17H32N2O3S/c1-13(2)23(21,22)18-11-15-8-7-9-19(12-15)16(20)10-14(3)17(4,5)6/h10,13,15,18H,7-9,11-12H2,1-6H3/b14-10+/t15-/m1/s1. The molecule has 0 radical (unpaired) electrons. The van der Waals surface area contributed by atoms with Gasteiger partial charge in [-0.05, 0) is 44.9 Å². The number of hydrogen-bond acceptors (Lipinski definition) is 3. The van der Waals surface area contributed by atoms with E-state index in [1.165, 1.54) is 0 Å². The van der Waals surface area contributed by atoms with Crippen molar-refractivity contribution in [3.05, 3.63) is 11.6 Å². The highest BCUT2D eigenvalue weighted by atomic mass is 32.2. The number of allylic oxidation sites excluding steroid dienone is 1. The Balaban J connectivity index is 2.63. The fourth-order valence-corrected chi connectivity index (χ4v) is 3.13. The Morgan fingerprint density at radius 3 is 2.48 bits per heavy atom. The van der Waals surface area contributed by atoms with E-state index in [2.05, 4.69) is 25.5 Å². The molecule has 1 amide bonds. The van der Waals surface area contributed by atoms with Crippen molar-refractivity contribution in [3.8, 4) is 0 Å². The summed E-state index contributed by atoms with van der Waals surface area (Å²) in [5.41, 5.74) is 1.04. The quantitative estimate of drug-likeness (QED) is 0.780. The third kappa shape index (κ3) is 6.26. The molecule has 0 aromatic rings. The summed E-state index contributed by atoms with van der Waals surface area (Å²) in [7, 11) is -3.24. The van der Waals surface area contributed by atoms with Crippen LogP contribution in [0.3, 0.4) is 0 Å². The molecule has 0 aromatic carbocycles. The Labute approximate surface area is 141 Å². The topological polar surface area (TPSA) is 66.5 Å². The average molecular weight is 345 g/mol. The fourth-order valence-electron chi connectivity index (χ4n) is 2.33. The van der Waals surface area contributed by atoms with E-state index < -0.39 is 15.3 Å². The molecule has 134 valence electrons. The van der Waals surface area contributed by atoms with Gasteiger partial charge in [-0.3, -0.25) is 4.79 Å². The van der Waals surface area contributed by atoms with Crippen LogP contribution in [0.1, 0.15) is 54.4 Å². The Morgan fingerprint density at radius 2 is 1.96 bits per heavy atom. The number of rotatable bonds is 5. The number of carbonyl (C=O) groups excluding carboxylic acids is 1. The first-order valence-electron chi connectivity index (χ1n) is 8.39. The minimum absolute atomic E-state index is 0.0161. The molecule has 1 atom stereocenters. The van der Waals surface area contributed by atoms with E-state index in [4.69, 9.17) is 0 Å². The van der Waals surface area contributed by atoms with Gasteiger partial charge in [-0.2, -0.15) is 0 Å². The van der Waals surface area contributed by atoms with E-state index in [1.807, 2.05) is 11.8 Å². The summed E-state index contributed by atoms with van der Waals surface area (Å²) in [5.74, 6) is 0.221. The van der Waals surface area contributed by atoms with E-state index >= 15 is 0 Å². The minimum atomic E-state index is -3.24. The third-order valence-electron chi connectivity index (χ3n) is 4.55. The van der Waals surface area contributed by atoms with Gasteiger partial charge >= 0.3 is 0 Å². The number of sulfonamides is 1. The molecule has 1 heterocycles. The second-order valence-corrected chi connectivity index (χ2v) is 10.1.